The molecule has 1 aromatic heterocycles. The lowest BCUT2D eigenvalue weighted by atomic mass is 10.1. The van der Waals surface area contributed by atoms with E-state index in [2.05, 4.69) is 15.3 Å². The van der Waals surface area contributed by atoms with Crippen LogP contribution in [0.1, 0.15) is 37.0 Å². The van der Waals surface area contributed by atoms with Crippen LogP contribution in [0.5, 0.6) is 0 Å². The van der Waals surface area contributed by atoms with Gasteiger partial charge in [-0.2, -0.15) is 0 Å². The molecule has 0 saturated carbocycles. The fourth-order valence-electron chi connectivity index (χ4n) is 1.53. The Morgan fingerprint density at radius 1 is 1.35 bits per heavy atom. The minimum absolute atomic E-state index is 0.0378. The molecule has 1 unspecified atom stereocenters. The first kappa shape index (κ1) is 13.3. The summed E-state index contributed by atoms with van der Waals surface area (Å²) in [5, 5.41) is 10.1. The van der Waals surface area contributed by atoms with Crippen molar-refractivity contribution < 1.29 is 4.79 Å². The molecule has 1 amide bonds. The molecule has 0 radical (unpaired) electrons. The van der Waals surface area contributed by atoms with E-state index in [1.54, 1.807) is 0 Å². The number of rotatable bonds is 4. The highest BCUT2D eigenvalue weighted by Gasteiger charge is 2.21. The molecule has 5 heteroatoms. The number of nitrogens with zero attached hydrogens (tertiary/aromatic N) is 2. The molecule has 92 valence electrons. The summed E-state index contributed by atoms with van der Waals surface area (Å²) in [4.78, 5) is 20.3. The van der Waals surface area contributed by atoms with Gasteiger partial charge in [0.05, 0.1) is 0 Å². The summed E-state index contributed by atoms with van der Waals surface area (Å²) in [6, 6.07) is 1.88. The average Bonchev–Trinajstić information content (AvgIpc) is 2.15. The van der Waals surface area contributed by atoms with Crippen LogP contribution in [0.15, 0.2) is 6.07 Å². The highest BCUT2D eigenvalue weighted by molar-refractivity contribution is 5.97. The predicted octanol–water partition coefficient (Wildman–Crippen LogP) is 1.35. The zero-order valence-electron chi connectivity index (χ0n) is 10.6. The first-order chi connectivity index (χ1) is 7.93. The Bertz CT molecular complexity index is 408. The van der Waals surface area contributed by atoms with Crippen molar-refractivity contribution in [2.45, 2.75) is 39.7 Å². The van der Waals surface area contributed by atoms with Gasteiger partial charge in [-0.3, -0.25) is 4.79 Å². The Balaban J connectivity index is 3.01. The normalized spacial score (nSPS) is 12.3. The molecule has 1 rings (SSSR count). The molecule has 0 aliphatic rings. The summed E-state index contributed by atoms with van der Waals surface area (Å²) < 4.78 is 0. The Morgan fingerprint density at radius 2 is 1.88 bits per heavy atom. The van der Waals surface area contributed by atoms with Crippen molar-refractivity contribution in [1.29, 1.82) is 5.41 Å². The molecule has 0 saturated heterocycles. The van der Waals surface area contributed by atoms with Crippen LogP contribution in [-0.4, -0.2) is 28.1 Å². The van der Waals surface area contributed by atoms with Gasteiger partial charge in [0.2, 0.25) is 5.91 Å². The molecule has 2 N–H and O–H groups in total. The topological polar surface area (TPSA) is 78.7 Å². The maximum atomic E-state index is 11.9. The summed E-state index contributed by atoms with van der Waals surface area (Å²) in [6.45, 7) is 7.45. The van der Waals surface area contributed by atoms with Crippen molar-refractivity contribution in [3.63, 3.8) is 0 Å². The summed E-state index contributed by atoms with van der Waals surface area (Å²) in [7, 11) is 0. The maximum Gasteiger partial charge on any atom is 0.236 e. The quantitative estimate of drug-likeness (QED) is 0.772. The van der Waals surface area contributed by atoms with Crippen LogP contribution in [0.2, 0.25) is 0 Å². The lowest BCUT2D eigenvalue weighted by Crippen LogP contribution is -2.35. The Labute approximate surface area is 101 Å². The number of nitrogens with one attached hydrogen (secondary N) is 2. The third-order valence-corrected chi connectivity index (χ3v) is 2.16. The SMILES string of the molecule is Cc1cc(C)nc(C(C=N)C(=O)NC(C)C)n1. The Hall–Kier alpha value is -1.78. The number of hydrogen-bond donors (Lipinski definition) is 2. The highest BCUT2D eigenvalue weighted by atomic mass is 16.1. The average molecular weight is 234 g/mol. The number of aryl methyl sites for hydroxylation is 2. The van der Waals surface area contributed by atoms with E-state index in [1.807, 2.05) is 33.8 Å². The predicted molar refractivity (Wildman–Crippen MR) is 66.3 cm³/mol. The van der Waals surface area contributed by atoms with E-state index >= 15 is 0 Å². The monoisotopic (exact) mass is 234 g/mol. The van der Waals surface area contributed by atoms with Crippen molar-refractivity contribution in [3.8, 4) is 0 Å². The van der Waals surface area contributed by atoms with E-state index in [4.69, 9.17) is 5.41 Å². The van der Waals surface area contributed by atoms with Gasteiger partial charge in [-0.05, 0) is 33.8 Å². The summed E-state index contributed by atoms with van der Waals surface area (Å²) in [6.07, 6.45) is 1.08. The van der Waals surface area contributed by atoms with Crippen molar-refractivity contribution in [3.05, 3.63) is 23.3 Å². The third-order valence-electron chi connectivity index (χ3n) is 2.16. The van der Waals surface area contributed by atoms with Gasteiger partial charge in [-0.15, -0.1) is 0 Å². The Kier molecular flexibility index (Phi) is 4.31. The van der Waals surface area contributed by atoms with Crippen LogP contribution >= 0.6 is 0 Å². The zero-order chi connectivity index (χ0) is 13.0. The number of carbonyl (C=O) groups is 1. The van der Waals surface area contributed by atoms with Gasteiger partial charge in [-0.1, -0.05) is 0 Å². The number of carbonyl (C=O) groups excluding carboxylic acids is 1. The fraction of sp³-hybridized carbons (Fsp3) is 0.500. The van der Waals surface area contributed by atoms with Gasteiger partial charge in [0.15, 0.2) is 0 Å². The molecule has 0 aromatic carbocycles. The second kappa shape index (κ2) is 5.52. The van der Waals surface area contributed by atoms with Gasteiger partial charge >= 0.3 is 0 Å². The molecule has 5 nitrogen and oxygen atoms in total. The molecule has 1 aromatic rings. The van der Waals surface area contributed by atoms with Crippen molar-refractivity contribution in [2.24, 2.45) is 0 Å². The van der Waals surface area contributed by atoms with E-state index < -0.39 is 5.92 Å². The van der Waals surface area contributed by atoms with Gasteiger partial charge in [-0.25, -0.2) is 9.97 Å². The molecule has 0 fully saturated rings. The molecule has 1 atom stereocenters. The van der Waals surface area contributed by atoms with E-state index in [0.717, 1.165) is 17.6 Å². The van der Waals surface area contributed by atoms with E-state index in [1.165, 1.54) is 0 Å². The van der Waals surface area contributed by atoms with Crippen LogP contribution in [-0.2, 0) is 4.79 Å². The highest BCUT2D eigenvalue weighted by Crippen LogP contribution is 2.11. The molecular formula is C12H18N4O. The minimum Gasteiger partial charge on any atom is -0.353 e. The number of aromatic nitrogens is 2. The van der Waals surface area contributed by atoms with Crippen molar-refractivity contribution in [1.82, 2.24) is 15.3 Å². The molecule has 1 heterocycles. The van der Waals surface area contributed by atoms with Gasteiger partial charge in [0.1, 0.15) is 11.7 Å². The summed E-state index contributed by atoms with van der Waals surface area (Å²) >= 11 is 0. The molecule has 0 aliphatic heterocycles. The summed E-state index contributed by atoms with van der Waals surface area (Å²) in [5.41, 5.74) is 1.60. The number of amides is 1. The van der Waals surface area contributed by atoms with Crippen LogP contribution in [0.25, 0.3) is 0 Å². The molecular weight excluding hydrogens is 216 g/mol. The lowest BCUT2D eigenvalue weighted by Gasteiger charge is -2.14. The second-order valence-electron chi connectivity index (χ2n) is 4.32. The smallest absolute Gasteiger partial charge is 0.236 e. The van der Waals surface area contributed by atoms with Gasteiger partial charge < -0.3 is 10.7 Å². The van der Waals surface area contributed by atoms with E-state index in [-0.39, 0.29) is 11.9 Å². The van der Waals surface area contributed by atoms with Crippen LogP contribution in [0.3, 0.4) is 0 Å². The van der Waals surface area contributed by atoms with Crippen molar-refractivity contribution >= 4 is 12.1 Å². The van der Waals surface area contributed by atoms with Gasteiger partial charge in [0.25, 0.3) is 0 Å². The molecule has 0 aliphatic carbocycles. The first-order valence-electron chi connectivity index (χ1n) is 5.57. The minimum atomic E-state index is -0.712. The lowest BCUT2D eigenvalue weighted by molar-refractivity contribution is -0.121. The van der Waals surface area contributed by atoms with E-state index in [9.17, 15) is 4.79 Å². The standard InChI is InChI=1S/C12H18N4O/c1-7(2)14-12(17)10(6-13)11-15-8(3)5-9(4)16-11/h5-7,10,13H,1-4H3,(H,14,17). The van der Waals surface area contributed by atoms with Crippen LogP contribution in [0, 0.1) is 19.3 Å². The zero-order valence-corrected chi connectivity index (χ0v) is 10.6. The number of hydrogen-bond acceptors (Lipinski definition) is 4. The molecule has 17 heavy (non-hydrogen) atoms. The maximum absolute atomic E-state index is 11.9. The molecule has 0 spiro atoms. The van der Waals surface area contributed by atoms with Gasteiger partial charge in [0, 0.05) is 23.6 Å². The first-order valence-corrected chi connectivity index (χ1v) is 5.57. The third kappa shape index (κ3) is 3.62. The Morgan fingerprint density at radius 3 is 2.29 bits per heavy atom. The van der Waals surface area contributed by atoms with Crippen molar-refractivity contribution in [2.75, 3.05) is 0 Å². The second-order valence-corrected chi connectivity index (χ2v) is 4.32. The fourth-order valence-corrected chi connectivity index (χ4v) is 1.53. The van der Waals surface area contributed by atoms with Crippen LogP contribution < -0.4 is 5.32 Å². The summed E-state index contributed by atoms with van der Waals surface area (Å²) in [5.74, 6) is -0.563. The van der Waals surface area contributed by atoms with Crippen LogP contribution in [0.4, 0.5) is 0 Å². The molecule has 0 bridgehead atoms. The largest absolute Gasteiger partial charge is 0.353 e. The van der Waals surface area contributed by atoms with E-state index in [0.29, 0.717) is 5.82 Å².